The molecule has 27 heavy (non-hydrogen) atoms. The Kier molecular flexibility index (Phi) is 8.20. The van der Waals surface area contributed by atoms with E-state index in [4.69, 9.17) is 9.05 Å². The fourth-order valence-corrected chi connectivity index (χ4v) is 4.67. The van der Waals surface area contributed by atoms with E-state index in [1.54, 1.807) is 38.1 Å². The lowest BCUT2D eigenvalue weighted by molar-refractivity contribution is -0.538. The molecule has 2 rings (SSSR count). The molecule has 0 aliphatic rings. The van der Waals surface area contributed by atoms with Crippen molar-refractivity contribution in [2.45, 2.75) is 20.0 Å². The maximum Gasteiger partial charge on any atom is 0.335 e. The Morgan fingerprint density at radius 3 is 2.30 bits per heavy atom. The molecule has 1 amide bonds. The number of amides is 1. The first kappa shape index (κ1) is 21.8. The lowest BCUT2D eigenvalue weighted by Gasteiger charge is -2.17. The highest BCUT2D eigenvalue weighted by Crippen LogP contribution is 2.51. The Morgan fingerprint density at radius 1 is 1.11 bits per heavy atom. The van der Waals surface area contributed by atoms with E-state index in [0.29, 0.717) is 18.8 Å². The van der Waals surface area contributed by atoms with Crippen LogP contribution in [0.2, 0.25) is 0 Å². The predicted molar refractivity (Wildman–Crippen MR) is 111 cm³/mol. The van der Waals surface area contributed by atoms with Gasteiger partial charge in [-0.1, -0.05) is 28.1 Å². The van der Waals surface area contributed by atoms with Gasteiger partial charge in [-0.25, -0.2) is 0 Å². The van der Waals surface area contributed by atoms with Crippen LogP contribution in [0, 0.1) is 0 Å². The van der Waals surface area contributed by atoms with E-state index >= 15 is 0 Å². The summed E-state index contributed by atoms with van der Waals surface area (Å²) >= 11 is 3.43. The Balaban J connectivity index is 2.10. The highest BCUT2D eigenvalue weighted by molar-refractivity contribution is 9.10. The minimum absolute atomic E-state index is 0.179. The van der Waals surface area contributed by atoms with Crippen molar-refractivity contribution >= 4 is 40.8 Å². The zero-order valence-corrected chi connectivity index (χ0v) is 18.2. The van der Waals surface area contributed by atoms with Gasteiger partial charge in [0.2, 0.25) is 0 Å². The second kappa shape index (κ2) is 10.2. The average Bonchev–Trinajstić information content (AvgIpc) is 2.64. The lowest BCUT2D eigenvalue weighted by Crippen LogP contribution is -2.72. The van der Waals surface area contributed by atoms with E-state index in [9.17, 15) is 9.36 Å². The van der Waals surface area contributed by atoms with E-state index in [1.807, 2.05) is 30.6 Å². The van der Waals surface area contributed by atoms with Gasteiger partial charge < -0.3 is 19.7 Å². The molecule has 0 saturated heterocycles. The minimum atomic E-state index is -3.16. The Hall–Kier alpha value is -1.50. The van der Waals surface area contributed by atoms with Gasteiger partial charge in [0.15, 0.2) is 5.69 Å². The topological polar surface area (TPSA) is 81.2 Å². The molecule has 0 aromatic heterocycles. The first-order valence-electron chi connectivity index (χ1n) is 8.78. The number of halogens is 1. The Morgan fingerprint density at radius 2 is 1.74 bits per heavy atom. The number of anilines is 1. The zero-order chi connectivity index (χ0) is 19.9. The summed E-state index contributed by atoms with van der Waals surface area (Å²) in [6.07, 6.45) is 0.179. The summed E-state index contributed by atoms with van der Waals surface area (Å²) in [5.74, 6) is -0.204. The molecule has 2 aromatic carbocycles. The molecular weight excluding hydrogens is 431 g/mol. The number of carbonyl (C=O) groups is 1. The van der Waals surface area contributed by atoms with Crippen LogP contribution in [0.15, 0.2) is 46.9 Å². The number of hydrogen-bond acceptors (Lipinski definition) is 4. The fourth-order valence-electron chi connectivity index (χ4n) is 2.59. The summed E-state index contributed by atoms with van der Waals surface area (Å²) in [4.78, 5) is 12.5. The molecule has 0 radical (unpaired) electrons. The molecule has 6 nitrogen and oxygen atoms in total. The summed E-state index contributed by atoms with van der Waals surface area (Å²) in [5, 5.41) is 4.85. The molecule has 146 valence electrons. The van der Waals surface area contributed by atoms with Gasteiger partial charge >= 0.3 is 7.60 Å². The zero-order valence-electron chi connectivity index (χ0n) is 15.7. The molecule has 0 unspecified atom stereocenters. The SMILES string of the molecule is CCOP(=O)(Cc1ccc(C(=O)Nc2ccc(Br)cc2[NH2+]C)cc1)OCC. The predicted octanol–water partition coefficient (Wildman–Crippen LogP) is 4.29. The number of hydrogen-bond donors (Lipinski definition) is 2. The van der Waals surface area contributed by atoms with Crippen molar-refractivity contribution in [2.75, 3.05) is 25.6 Å². The highest BCUT2D eigenvalue weighted by Gasteiger charge is 2.24. The summed E-state index contributed by atoms with van der Waals surface area (Å²) in [6.45, 7) is 4.20. The maximum absolute atomic E-state index is 12.6. The third-order valence-corrected chi connectivity index (χ3v) is 6.37. The average molecular weight is 456 g/mol. The lowest BCUT2D eigenvalue weighted by atomic mass is 10.1. The van der Waals surface area contributed by atoms with E-state index < -0.39 is 7.60 Å². The molecule has 8 heteroatoms. The number of rotatable bonds is 9. The highest BCUT2D eigenvalue weighted by atomic mass is 79.9. The Labute approximate surface area is 168 Å². The van der Waals surface area contributed by atoms with Crippen LogP contribution in [0.25, 0.3) is 0 Å². The molecule has 2 aromatic rings. The van der Waals surface area contributed by atoms with Gasteiger partial charge in [-0.15, -0.1) is 0 Å². The Bertz CT molecular complexity index is 817. The first-order chi connectivity index (χ1) is 12.9. The number of nitrogens with one attached hydrogen (secondary N) is 1. The molecule has 0 aliphatic carbocycles. The normalized spacial score (nSPS) is 11.4. The van der Waals surface area contributed by atoms with Crippen molar-refractivity contribution < 1.29 is 23.7 Å². The summed E-state index contributed by atoms with van der Waals surface area (Å²) in [5.41, 5.74) is 2.99. The van der Waals surface area contributed by atoms with Crippen molar-refractivity contribution in [3.05, 3.63) is 58.1 Å². The van der Waals surface area contributed by atoms with E-state index in [1.165, 1.54) is 0 Å². The molecule has 0 bridgehead atoms. The van der Waals surface area contributed by atoms with Gasteiger partial charge in [0.05, 0.1) is 26.4 Å². The van der Waals surface area contributed by atoms with Gasteiger partial charge in [-0.2, -0.15) is 0 Å². The van der Waals surface area contributed by atoms with Crippen molar-refractivity contribution in [3.8, 4) is 0 Å². The van der Waals surface area contributed by atoms with Crippen LogP contribution >= 0.6 is 23.5 Å². The second-order valence-corrected chi connectivity index (χ2v) is 8.75. The van der Waals surface area contributed by atoms with Gasteiger partial charge in [0, 0.05) is 16.1 Å². The molecule has 0 heterocycles. The standard InChI is InChI=1S/C19H24BrN2O4P/c1-4-25-27(24,26-5-2)13-14-6-8-15(9-7-14)19(23)22-17-11-10-16(20)12-18(17)21-3/h6-12,21H,4-5,13H2,1-3H3,(H,22,23)/p+1. The monoisotopic (exact) mass is 455 g/mol. The van der Waals surface area contributed by atoms with Crippen LogP contribution < -0.4 is 10.6 Å². The van der Waals surface area contributed by atoms with E-state index in [0.717, 1.165) is 21.4 Å². The molecule has 0 saturated carbocycles. The quantitative estimate of drug-likeness (QED) is 0.436. The second-order valence-electron chi connectivity index (χ2n) is 5.78. The maximum atomic E-state index is 12.6. The molecule has 0 aliphatic heterocycles. The van der Waals surface area contributed by atoms with E-state index in [2.05, 4.69) is 21.2 Å². The number of nitrogens with two attached hydrogens (primary N) is 1. The number of quaternary nitrogens is 1. The van der Waals surface area contributed by atoms with Gasteiger partial charge in [-0.3, -0.25) is 9.36 Å². The summed E-state index contributed by atoms with van der Waals surface area (Å²) in [7, 11) is -1.24. The van der Waals surface area contributed by atoms with E-state index in [-0.39, 0.29) is 12.1 Å². The first-order valence-corrected chi connectivity index (χ1v) is 11.3. The minimum Gasteiger partial charge on any atom is -0.317 e. The fraction of sp³-hybridized carbons (Fsp3) is 0.316. The molecule has 3 N–H and O–H groups in total. The largest absolute Gasteiger partial charge is 0.335 e. The van der Waals surface area contributed by atoms with Crippen LogP contribution in [-0.2, 0) is 19.8 Å². The smallest absolute Gasteiger partial charge is 0.317 e. The van der Waals surface area contributed by atoms with Gasteiger partial charge in [0.1, 0.15) is 5.69 Å². The molecule has 0 spiro atoms. The van der Waals surface area contributed by atoms with Crippen molar-refractivity contribution in [2.24, 2.45) is 0 Å². The van der Waals surface area contributed by atoms with Gasteiger partial charge in [-0.05, 0) is 43.7 Å². The molecule has 0 atom stereocenters. The third kappa shape index (κ3) is 6.26. The summed E-state index contributed by atoms with van der Waals surface area (Å²) < 4.78 is 24.2. The van der Waals surface area contributed by atoms with Crippen LogP contribution in [-0.4, -0.2) is 26.2 Å². The van der Waals surface area contributed by atoms with Crippen LogP contribution in [0.3, 0.4) is 0 Å². The number of carbonyl (C=O) groups excluding carboxylic acids is 1. The van der Waals surface area contributed by atoms with Crippen LogP contribution in [0.5, 0.6) is 0 Å². The van der Waals surface area contributed by atoms with Crippen LogP contribution in [0.4, 0.5) is 11.4 Å². The van der Waals surface area contributed by atoms with Crippen LogP contribution in [0.1, 0.15) is 29.8 Å². The van der Waals surface area contributed by atoms with Gasteiger partial charge in [0.25, 0.3) is 5.91 Å². The third-order valence-electron chi connectivity index (χ3n) is 3.82. The molecule has 0 fully saturated rings. The molecular formula is C19H25BrN2O4P+. The van der Waals surface area contributed by atoms with Crippen molar-refractivity contribution in [3.63, 3.8) is 0 Å². The van der Waals surface area contributed by atoms with Crippen molar-refractivity contribution in [1.29, 1.82) is 0 Å². The van der Waals surface area contributed by atoms with Crippen molar-refractivity contribution in [1.82, 2.24) is 0 Å². The number of benzene rings is 2. The summed E-state index contributed by atoms with van der Waals surface area (Å²) in [6, 6.07) is 12.6.